The molecule has 3 heterocycles. The van der Waals surface area contributed by atoms with Crippen molar-refractivity contribution < 1.29 is 47.6 Å². The first-order valence-electron chi connectivity index (χ1n) is 13.4. The van der Waals surface area contributed by atoms with E-state index in [0.717, 1.165) is 26.3 Å². The number of nitrogen functional groups attached to an aromatic ring is 1. The Bertz CT molecular complexity index is 1330. The SMILES string of the molecule is CCCC(CCC)C(=O)OCOP(=O)(N[C@@H](C)C(=O)OC)OC[C@H]1O[C@@](C#N)(c2ccc3c(N)ncnn23)[C@H](O)[C@@H]1O. The topological polar surface area (TPSA) is 230 Å². The third-order valence-electron chi connectivity index (χ3n) is 6.83. The number of anilines is 1. The van der Waals surface area contributed by atoms with E-state index in [1.807, 2.05) is 19.9 Å². The molecule has 0 spiro atoms. The second-order valence-electron chi connectivity index (χ2n) is 9.75. The summed E-state index contributed by atoms with van der Waals surface area (Å²) in [5.74, 6) is -1.58. The number of nitrogens with zero attached hydrogens (tertiary/aromatic N) is 4. The number of nitrogens with one attached hydrogen (secondary N) is 1. The number of hydrogen-bond acceptors (Lipinski definition) is 14. The van der Waals surface area contributed by atoms with Crippen LogP contribution in [-0.4, -0.2) is 81.6 Å². The van der Waals surface area contributed by atoms with Crippen molar-refractivity contribution in [1.82, 2.24) is 19.7 Å². The molecule has 42 heavy (non-hydrogen) atoms. The van der Waals surface area contributed by atoms with Gasteiger partial charge in [0.2, 0.25) is 12.4 Å². The van der Waals surface area contributed by atoms with Crippen LogP contribution in [0, 0.1) is 17.2 Å². The molecule has 0 aromatic carbocycles. The summed E-state index contributed by atoms with van der Waals surface area (Å²) in [4.78, 5) is 28.4. The molecule has 0 aliphatic carbocycles. The molecule has 16 nitrogen and oxygen atoms in total. The van der Waals surface area contributed by atoms with E-state index in [4.69, 9.17) is 24.3 Å². The standard InChI is InChI=1S/C25H37N6O10P/c1-5-7-16(8-6-2)24(35)38-14-40-42(36,30-15(3)23(34)37-4)39-11-18-20(32)21(33)25(12-26,41-18)19-10-9-17-22(27)28-13-29-31(17)19/h9-10,13,15-16,18,20-21,32-33H,5-8,11,14H2,1-4H3,(H,30,36)(H2,27,28,29)/t15-,18+,20+,21+,25-,42?/m0/s1. The Morgan fingerprint density at radius 2 is 1.95 bits per heavy atom. The number of carbonyl (C=O) groups is 2. The summed E-state index contributed by atoms with van der Waals surface area (Å²) in [6.07, 6.45) is -1.000. The van der Waals surface area contributed by atoms with Crippen molar-refractivity contribution in [3.05, 3.63) is 24.2 Å². The molecule has 232 valence electrons. The number of ether oxygens (including phenoxy) is 3. The van der Waals surface area contributed by atoms with Crippen molar-refractivity contribution in [3.8, 4) is 6.07 Å². The van der Waals surface area contributed by atoms with Crippen LogP contribution in [0.2, 0.25) is 0 Å². The molecule has 6 atom stereocenters. The van der Waals surface area contributed by atoms with Crippen LogP contribution in [0.3, 0.4) is 0 Å². The smallest absolute Gasteiger partial charge is 0.409 e. The first-order valence-corrected chi connectivity index (χ1v) is 15.0. The Labute approximate surface area is 242 Å². The summed E-state index contributed by atoms with van der Waals surface area (Å²) in [5.41, 5.74) is 4.14. The van der Waals surface area contributed by atoms with E-state index < -0.39 is 63.0 Å². The Hall–Kier alpha value is -3.16. The van der Waals surface area contributed by atoms with Crippen LogP contribution < -0.4 is 10.8 Å². The zero-order chi connectivity index (χ0) is 31.1. The number of aliphatic hydroxyl groups is 2. The number of carbonyl (C=O) groups excluding carboxylic acids is 2. The molecule has 1 aliphatic heterocycles. The lowest BCUT2D eigenvalue weighted by Crippen LogP contribution is -2.41. The summed E-state index contributed by atoms with van der Waals surface area (Å²) < 4.78 is 41.3. The third kappa shape index (κ3) is 7.07. The van der Waals surface area contributed by atoms with Gasteiger partial charge in [0.1, 0.15) is 42.3 Å². The van der Waals surface area contributed by atoms with Gasteiger partial charge in [-0.1, -0.05) is 26.7 Å². The molecule has 1 aliphatic rings. The van der Waals surface area contributed by atoms with Gasteiger partial charge in [0, 0.05) is 0 Å². The molecule has 3 rings (SSSR count). The Morgan fingerprint density at radius 1 is 1.26 bits per heavy atom. The van der Waals surface area contributed by atoms with Gasteiger partial charge in [-0.15, -0.1) is 0 Å². The predicted octanol–water partition coefficient (Wildman–Crippen LogP) is 1.16. The molecule has 0 bridgehead atoms. The predicted molar refractivity (Wildman–Crippen MR) is 145 cm³/mol. The van der Waals surface area contributed by atoms with Crippen molar-refractivity contribution in [1.29, 1.82) is 5.26 Å². The molecule has 2 aromatic rings. The number of aliphatic hydroxyl groups excluding tert-OH is 2. The zero-order valence-electron chi connectivity index (χ0n) is 23.8. The van der Waals surface area contributed by atoms with Crippen molar-refractivity contribution in [2.24, 2.45) is 5.92 Å². The van der Waals surface area contributed by atoms with Crippen LogP contribution >= 0.6 is 7.75 Å². The summed E-state index contributed by atoms with van der Waals surface area (Å²) in [6, 6.07) is 3.66. The van der Waals surface area contributed by atoms with Crippen LogP contribution in [0.1, 0.15) is 52.1 Å². The van der Waals surface area contributed by atoms with Crippen molar-refractivity contribution in [2.45, 2.75) is 76.4 Å². The molecule has 17 heteroatoms. The number of hydrogen-bond donors (Lipinski definition) is 4. The average Bonchev–Trinajstić information content (AvgIpc) is 3.51. The quantitative estimate of drug-likeness (QED) is 0.126. The van der Waals surface area contributed by atoms with E-state index in [2.05, 4.69) is 19.9 Å². The van der Waals surface area contributed by atoms with Crippen LogP contribution in [-0.2, 0) is 43.0 Å². The first-order chi connectivity index (χ1) is 20.0. The van der Waals surface area contributed by atoms with Crippen molar-refractivity contribution in [3.63, 3.8) is 0 Å². The van der Waals surface area contributed by atoms with E-state index in [1.165, 1.54) is 23.6 Å². The summed E-state index contributed by atoms with van der Waals surface area (Å²) in [7, 11) is -3.31. The van der Waals surface area contributed by atoms with Crippen LogP contribution in [0.15, 0.2) is 18.5 Å². The Morgan fingerprint density at radius 3 is 2.57 bits per heavy atom. The van der Waals surface area contributed by atoms with Crippen LogP contribution in [0.25, 0.3) is 5.52 Å². The number of rotatable bonds is 15. The minimum atomic E-state index is -4.44. The fourth-order valence-corrected chi connectivity index (χ4v) is 5.99. The summed E-state index contributed by atoms with van der Waals surface area (Å²) in [6.45, 7) is 3.77. The highest BCUT2D eigenvalue weighted by atomic mass is 31.2. The molecule has 1 fully saturated rings. The molecule has 0 saturated carbocycles. The highest BCUT2D eigenvalue weighted by Crippen LogP contribution is 2.47. The van der Waals surface area contributed by atoms with E-state index in [0.29, 0.717) is 18.4 Å². The minimum absolute atomic E-state index is 0.0562. The van der Waals surface area contributed by atoms with Crippen LogP contribution in [0.4, 0.5) is 5.82 Å². The maximum Gasteiger partial charge on any atom is 0.409 e. The molecule has 1 unspecified atom stereocenters. The van der Waals surface area contributed by atoms with Gasteiger partial charge in [-0.25, -0.2) is 19.2 Å². The number of nitriles is 1. The van der Waals surface area contributed by atoms with Crippen LogP contribution in [0.5, 0.6) is 0 Å². The number of aromatic nitrogens is 3. The van der Waals surface area contributed by atoms with Gasteiger partial charge in [0.25, 0.3) is 0 Å². The maximum absolute atomic E-state index is 13.6. The lowest BCUT2D eigenvalue weighted by Gasteiger charge is -2.25. The Balaban J connectivity index is 1.78. The van der Waals surface area contributed by atoms with Gasteiger partial charge < -0.3 is 30.2 Å². The molecule has 2 aromatic heterocycles. The van der Waals surface area contributed by atoms with Gasteiger partial charge in [-0.3, -0.25) is 18.6 Å². The zero-order valence-corrected chi connectivity index (χ0v) is 24.7. The monoisotopic (exact) mass is 612 g/mol. The van der Waals surface area contributed by atoms with E-state index in [9.17, 15) is 29.6 Å². The van der Waals surface area contributed by atoms with Gasteiger partial charge >= 0.3 is 19.7 Å². The normalized spacial score (nSPS) is 24.3. The second-order valence-corrected chi connectivity index (χ2v) is 11.5. The molecule has 0 amide bonds. The fraction of sp³-hybridized carbons (Fsp3) is 0.640. The van der Waals surface area contributed by atoms with Gasteiger partial charge in [-0.05, 0) is 31.9 Å². The van der Waals surface area contributed by atoms with E-state index >= 15 is 0 Å². The third-order valence-corrected chi connectivity index (χ3v) is 8.47. The minimum Gasteiger partial charge on any atom is -0.468 e. The number of fused-ring (bicyclic) bond motifs is 1. The number of methoxy groups -OCH3 is 1. The largest absolute Gasteiger partial charge is 0.468 e. The van der Waals surface area contributed by atoms with E-state index in [-0.39, 0.29) is 17.4 Å². The lowest BCUT2D eigenvalue weighted by atomic mass is 9.92. The molecule has 5 N–H and O–H groups in total. The number of esters is 2. The second kappa shape index (κ2) is 14.3. The summed E-state index contributed by atoms with van der Waals surface area (Å²) >= 11 is 0. The highest BCUT2D eigenvalue weighted by Gasteiger charge is 2.58. The molecular formula is C25H37N6O10P. The number of nitrogens with two attached hydrogens (primary N) is 1. The van der Waals surface area contributed by atoms with Gasteiger partial charge in [0.05, 0.1) is 25.3 Å². The van der Waals surface area contributed by atoms with Gasteiger partial charge in [-0.2, -0.15) is 10.4 Å². The molecular weight excluding hydrogens is 575 g/mol. The molecule has 1 saturated heterocycles. The Kier molecular flexibility index (Phi) is 11.4. The van der Waals surface area contributed by atoms with Crippen molar-refractivity contribution in [2.75, 3.05) is 26.2 Å². The van der Waals surface area contributed by atoms with Crippen molar-refractivity contribution >= 4 is 31.0 Å². The first kappa shape index (κ1) is 33.3. The maximum atomic E-state index is 13.6. The lowest BCUT2D eigenvalue weighted by molar-refractivity contribution is -0.156. The molecule has 0 radical (unpaired) electrons. The highest BCUT2D eigenvalue weighted by molar-refractivity contribution is 7.51. The summed E-state index contributed by atoms with van der Waals surface area (Å²) in [5, 5.41) is 38.3. The fourth-order valence-electron chi connectivity index (χ4n) is 4.65. The van der Waals surface area contributed by atoms with Gasteiger partial charge in [0.15, 0.2) is 5.82 Å². The van der Waals surface area contributed by atoms with E-state index in [1.54, 1.807) is 0 Å². The average molecular weight is 613 g/mol.